The molecule has 1 fully saturated rings. The SMILES string of the molecule is Cn1ccc(C(=O)N2C[C@@H](Cc3ccccn3)[C@H](O)C2)cc1=O. The quantitative estimate of drug-likeness (QED) is 0.893. The fourth-order valence-corrected chi connectivity index (χ4v) is 2.87. The van der Waals surface area contributed by atoms with Gasteiger partial charge in [-0.25, -0.2) is 0 Å². The van der Waals surface area contributed by atoms with E-state index in [1.165, 1.54) is 10.6 Å². The Balaban J connectivity index is 1.71. The van der Waals surface area contributed by atoms with Crippen molar-refractivity contribution in [2.24, 2.45) is 13.0 Å². The predicted octanol–water partition coefficient (Wildman–Crippen LogP) is 0.456. The lowest BCUT2D eigenvalue weighted by molar-refractivity contribution is 0.0764. The van der Waals surface area contributed by atoms with Gasteiger partial charge < -0.3 is 14.6 Å². The Hall–Kier alpha value is -2.47. The van der Waals surface area contributed by atoms with Crippen LogP contribution in [0.1, 0.15) is 16.1 Å². The van der Waals surface area contributed by atoms with Gasteiger partial charge in [0, 0.05) is 55.8 Å². The van der Waals surface area contributed by atoms with Crippen LogP contribution in [0.25, 0.3) is 0 Å². The predicted molar refractivity (Wildman–Crippen MR) is 85.0 cm³/mol. The molecule has 1 aliphatic rings. The van der Waals surface area contributed by atoms with Gasteiger partial charge >= 0.3 is 0 Å². The number of aryl methyl sites for hydroxylation is 1. The van der Waals surface area contributed by atoms with Crippen molar-refractivity contribution in [1.29, 1.82) is 0 Å². The van der Waals surface area contributed by atoms with Gasteiger partial charge in [0.15, 0.2) is 0 Å². The summed E-state index contributed by atoms with van der Waals surface area (Å²) in [4.78, 5) is 30.0. The minimum absolute atomic E-state index is 0.0413. The van der Waals surface area contributed by atoms with E-state index in [9.17, 15) is 14.7 Å². The summed E-state index contributed by atoms with van der Waals surface area (Å²) < 4.78 is 1.42. The standard InChI is InChI=1S/C17H19N3O3/c1-19-7-5-12(9-16(19)22)17(23)20-10-13(15(21)11-20)8-14-4-2-3-6-18-14/h2-7,9,13,15,21H,8,10-11H2,1H3/t13-,15-/m1/s1. The molecular weight excluding hydrogens is 294 g/mol. The molecule has 3 heterocycles. The Morgan fingerprint density at radius 1 is 1.35 bits per heavy atom. The zero-order valence-corrected chi connectivity index (χ0v) is 12.9. The molecule has 0 radical (unpaired) electrons. The van der Waals surface area contributed by atoms with E-state index in [2.05, 4.69) is 4.98 Å². The van der Waals surface area contributed by atoms with Crippen LogP contribution in [0.5, 0.6) is 0 Å². The Labute approximate surface area is 134 Å². The Bertz CT molecular complexity index is 757. The van der Waals surface area contributed by atoms with Gasteiger partial charge in [-0.2, -0.15) is 0 Å². The van der Waals surface area contributed by atoms with Crippen molar-refractivity contribution in [3.8, 4) is 0 Å². The Morgan fingerprint density at radius 2 is 2.17 bits per heavy atom. The summed E-state index contributed by atoms with van der Waals surface area (Å²) in [5, 5.41) is 10.2. The van der Waals surface area contributed by atoms with Crippen molar-refractivity contribution in [2.75, 3.05) is 13.1 Å². The summed E-state index contributed by atoms with van der Waals surface area (Å²) in [6.07, 6.45) is 3.35. The highest BCUT2D eigenvalue weighted by molar-refractivity contribution is 5.94. The first-order chi connectivity index (χ1) is 11.0. The highest BCUT2D eigenvalue weighted by Crippen LogP contribution is 2.22. The fraction of sp³-hybridized carbons (Fsp3) is 0.353. The summed E-state index contributed by atoms with van der Waals surface area (Å²) in [5.41, 5.74) is 1.04. The third kappa shape index (κ3) is 3.32. The van der Waals surface area contributed by atoms with Gasteiger partial charge in [0.1, 0.15) is 0 Å². The number of nitrogens with zero attached hydrogens (tertiary/aromatic N) is 3. The van der Waals surface area contributed by atoms with E-state index >= 15 is 0 Å². The molecule has 1 N–H and O–H groups in total. The van der Waals surface area contributed by atoms with E-state index in [1.54, 1.807) is 30.4 Å². The third-order valence-corrected chi connectivity index (χ3v) is 4.24. The maximum atomic E-state index is 12.5. The average molecular weight is 313 g/mol. The number of pyridine rings is 2. The van der Waals surface area contributed by atoms with Crippen LogP contribution in [0.3, 0.4) is 0 Å². The molecule has 2 aromatic rings. The Morgan fingerprint density at radius 3 is 2.87 bits per heavy atom. The van der Waals surface area contributed by atoms with Crippen molar-refractivity contribution >= 4 is 5.91 Å². The van der Waals surface area contributed by atoms with Crippen molar-refractivity contribution in [2.45, 2.75) is 12.5 Å². The smallest absolute Gasteiger partial charge is 0.254 e. The second-order valence-electron chi connectivity index (χ2n) is 5.93. The second kappa shape index (κ2) is 6.34. The van der Waals surface area contributed by atoms with E-state index in [0.717, 1.165) is 5.69 Å². The molecule has 3 rings (SSSR count). The number of β-amino-alcohol motifs (C(OH)–C–C–N with tert-alkyl or cyclic N) is 1. The van der Waals surface area contributed by atoms with E-state index in [0.29, 0.717) is 18.5 Å². The van der Waals surface area contributed by atoms with Crippen LogP contribution in [-0.4, -0.2) is 44.7 Å². The summed E-state index contributed by atoms with van der Waals surface area (Å²) >= 11 is 0. The number of likely N-dealkylation sites (tertiary alicyclic amines) is 1. The molecule has 1 saturated heterocycles. The first-order valence-electron chi connectivity index (χ1n) is 7.58. The highest BCUT2D eigenvalue weighted by Gasteiger charge is 2.34. The van der Waals surface area contributed by atoms with Crippen LogP contribution < -0.4 is 5.56 Å². The first kappa shape index (κ1) is 15.4. The van der Waals surface area contributed by atoms with Crippen molar-refractivity contribution in [3.05, 3.63) is 64.3 Å². The monoisotopic (exact) mass is 313 g/mol. The zero-order valence-electron chi connectivity index (χ0n) is 12.9. The molecule has 6 nitrogen and oxygen atoms in total. The molecule has 1 aliphatic heterocycles. The average Bonchev–Trinajstić information content (AvgIpc) is 2.91. The number of carbonyl (C=O) groups excluding carboxylic acids is 1. The highest BCUT2D eigenvalue weighted by atomic mass is 16.3. The number of carbonyl (C=O) groups is 1. The molecule has 0 saturated carbocycles. The Kier molecular flexibility index (Phi) is 4.25. The van der Waals surface area contributed by atoms with Gasteiger partial charge in [0.25, 0.3) is 11.5 Å². The second-order valence-corrected chi connectivity index (χ2v) is 5.93. The number of aliphatic hydroxyl groups is 1. The first-order valence-corrected chi connectivity index (χ1v) is 7.58. The number of rotatable bonds is 3. The number of hydrogen-bond donors (Lipinski definition) is 1. The van der Waals surface area contributed by atoms with Crippen LogP contribution in [0.4, 0.5) is 0 Å². The van der Waals surface area contributed by atoms with E-state index < -0.39 is 6.10 Å². The summed E-state index contributed by atoms with van der Waals surface area (Å²) in [6.45, 7) is 0.747. The van der Waals surface area contributed by atoms with Gasteiger partial charge in [0.2, 0.25) is 0 Å². The maximum Gasteiger partial charge on any atom is 0.254 e. The van der Waals surface area contributed by atoms with Gasteiger partial charge in [0.05, 0.1) is 6.10 Å². The number of amides is 1. The van der Waals surface area contributed by atoms with Gasteiger partial charge in [-0.1, -0.05) is 6.07 Å². The molecule has 1 amide bonds. The largest absolute Gasteiger partial charge is 0.391 e. The lowest BCUT2D eigenvalue weighted by Crippen LogP contribution is -2.31. The van der Waals surface area contributed by atoms with Crippen LogP contribution in [0.2, 0.25) is 0 Å². The molecule has 23 heavy (non-hydrogen) atoms. The fourth-order valence-electron chi connectivity index (χ4n) is 2.87. The van der Waals surface area contributed by atoms with E-state index in [4.69, 9.17) is 0 Å². The van der Waals surface area contributed by atoms with E-state index in [1.807, 2.05) is 18.2 Å². The van der Waals surface area contributed by atoms with E-state index in [-0.39, 0.29) is 23.9 Å². The molecule has 0 bridgehead atoms. The molecule has 0 spiro atoms. The molecule has 2 aromatic heterocycles. The molecule has 0 aromatic carbocycles. The zero-order chi connectivity index (χ0) is 16.4. The summed E-state index contributed by atoms with van der Waals surface area (Å²) in [7, 11) is 1.64. The summed E-state index contributed by atoms with van der Waals surface area (Å²) in [6, 6.07) is 8.63. The maximum absolute atomic E-state index is 12.5. The lowest BCUT2D eigenvalue weighted by atomic mass is 10.00. The lowest BCUT2D eigenvalue weighted by Gasteiger charge is -2.16. The normalized spacial score (nSPS) is 20.7. The molecule has 120 valence electrons. The van der Waals surface area contributed by atoms with Crippen LogP contribution in [-0.2, 0) is 13.5 Å². The minimum Gasteiger partial charge on any atom is -0.391 e. The molecular formula is C17H19N3O3. The topological polar surface area (TPSA) is 75.4 Å². The van der Waals surface area contributed by atoms with Crippen LogP contribution >= 0.6 is 0 Å². The number of aromatic nitrogens is 2. The molecule has 6 heteroatoms. The number of hydrogen-bond acceptors (Lipinski definition) is 4. The molecule has 0 aliphatic carbocycles. The van der Waals surface area contributed by atoms with Crippen LogP contribution in [0.15, 0.2) is 47.5 Å². The van der Waals surface area contributed by atoms with Crippen molar-refractivity contribution < 1.29 is 9.90 Å². The summed E-state index contributed by atoms with van der Waals surface area (Å²) in [5.74, 6) is -0.259. The third-order valence-electron chi connectivity index (χ3n) is 4.24. The number of aliphatic hydroxyl groups excluding tert-OH is 1. The molecule has 2 atom stereocenters. The minimum atomic E-state index is -0.576. The van der Waals surface area contributed by atoms with Gasteiger partial charge in [-0.3, -0.25) is 14.6 Å². The van der Waals surface area contributed by atoms with Gasteiger partial charge in [-0.05, 0) is 24.6 Å². The molecule has 0 unspecified atom stereocenters. The van der Waals surface area contributed by atoms with Gasteiger partial charge in [-0.15, -0.1) is 0 Å². The van der Waals surface area contributed by atoms with Crippen LogP contribution in [0, 0.1) is 5.92 Å². The van der Waals surface area contributed by atoms with Crippen molar-refractivity contribution in [1.82, 2.24) is 14.5 Å². The van der Waals surface area contributed by atoms with Crippen molar-refractivity contribution in [3.63, 3.8) is 0 Å².